The second-order valence-corrected chi connectivity index (χ2v) is 7.14. The number of likely N-dealkylation sites (tertiary alicyclic amines) is 1. The highest BCUT2D eigenvalue weighted by Gasteiger charge is 2.32. The zero-order valence-electron chi connectivity index (χ0n) is 13.9. The van der Waals surface area contributed by atoms with E-state index in [0.29, 0.717) is 6.04 Å². The molecular weight excluding hydrogens is 244 g/mol. The molecule has 2 atom stereocenters. The quantitative estimate of drug-likeness (QED) is 0.637. The van der Waals surface area contributed by atoms with E-state index >= 15 is 0 Å². The van der Waals surface area contributed by atoms with Gasteiger partial charge in [0.1, 0.15) is 0 Å². The molecule has 0 bridgehead atoms. The highest BCUT2D eigenvalue weighted by Crippen LogP contribution is 2.35. The monoisotopic (exact) mass is 280 g/mol. The highest BCUT2D eigenvalue weighted by atomic mass is 15.2. The van der Waals surface area contributed by atoms with E-state index in [-0.39, 0.29) is 0 Å². The highest BCUT2D eigenvalue weighted by molar-refractivity contribution is 4.87. The normalized spacial score (nSPS) is 26.4. The van der Waals surface area contributed by atoms with Gasteiger partial charge in [-0.05, 0) is 77.4 Å². The predicted octanol–water partition coefficient (Wildman–Crippen LogP) is 4.20. The van der Waals surface area contributed by atoms with Crippen molar-refractivity contribution in [2.75, 3.05) is 19.6 Å². The molecule has 0 aromatic carbocycles. The number of hydrogen-bond acceptors (Lipinski definition) is 2. The van der Waals surface area contributed by atoms with Crippen LogP contribution in [0.3, 0.4) is 0 Å². The van der Waals surface area contributed by atoms with Crippen LogP contribution in [-0.2, 0) is 0 Å². The fourth-order valence-electron chi connectivity index (χ4n) is 4.26. The van der Waals surface area contributed by atoms with E-state index in [1.165, 1.54) is 83.8 Å². The maximum Gasteiger partial charge on any atom is 0.0124 e. The van der Waals surface area contributed by atoms with Gasteiger partial charge in [0.2, 0.25) is 0 Å². The Balaban J connectivity index is 1.58. The number of nitrogens with one attached hydrogen (secondary N) is 1. The molecule has 0 spiro atoms. The molecule has 2 rings (SSSR count). The summed E-state index contributed by atoms with van der Waals surface area (Å²) in [4.78, 5) is 2.83. The molecule has 2 fully saturated rings. The first-order chi connectivity index (χ1) is 9.81. The van der Waals surface area contributed by atoms with Crippen LogP contribution >= 0.6 is 0 Å². The van der Waals surface area contributed by atoms with Crippen molar-refractivity contribution in [1.29, 1.82) is 0 Å². The summed E-state index contributed by atoms with van der Waals surface area (Å²) in [5.74, 6) is 1.04. The molecule has 0 aromatic heterocycles. The summed E-state index contributed by atoms with van der Waals surface area (Å²) in [6, 6.07) is 1.66. The first-order valence-electron chi connectivity index (χ1n) is 9.28. The van der Waals surface area contributed by atoms with E-state index in [9.17, 15) is 0 Å². The van der Waals surface area contributed by atoms with Crippen molar-refractivity contribution in [1.82, 2.24) is 10.2 Å². The lowest BCUT2D eigenvalue weighted by Crippen LogP contribution is -2.35. The van der Waals surface area contributed by atoms with Crippen molar-refractivity contribution < 1.29 is 0 Å². The minimum Gasteiger partial charge on any atom is -0.314 e. The molecule has 0 radical (unpaired) electrons. The molecule has 1 N–H and O–H groups in total. The molecule has 0 aromatic rings. The molecule has 20 heavy (non-hydrogen) atoms. The Hall–Kier alpha value is -0.0800. The maximum atomic E-state index is 3.60. The molecule has 2 heteroatoms. The van der Waals surface area contributed by atoms with Crippen molar-refractivity contribution in [2.45, 2.75) is 90.1 Å². The lowest BCUT2D eigenvalue weighted by molar-refractivity contribution is 0.186. The van der Waals surface area contributed by atoms with Crippen LogP contribution in [0.15, 0.2) is 0 Å². The summed E-state index contributed by atoms with van der Waals surface area (Å²) in [5.41, 5.74) is 0. The van der Waals surface area contributed by atoms with Crippen molar-refractivity contribution in [3.8, 4) is 0 Å². The molecule has 1 saturated carbocycles. The third-order valence-corrected chi connectivity index (χ3v) is 5.43. The minimum absolute atomic E-state index is 0.708. The molecule has 1 aliphatic heterocycles. The Labute approximate surface area is 126 Å². The average Bonchev–Trinajstić information content (AvgIpc) is 3.11. The van der Waals surface area contributed by atoms with Gasteiger partial charge in [0, 0.05) is 12.1 Å². The number of unbranched alkanes of at least 4 members (excludes halogenated alkanes) is 1. The van der Waals surface area contributed by atoms with Crippen molar-refractivity contribution in [2.24, 2.45) is 5.92 Å². The molecule has 2 unspecified atom stereocenters. The first kappa shape index (κ1) is 16.3. The molecule has 2 nitrogen and oxygen atoms in total. The summed E-state index contributed by atoms with van der Waals surface area (Å²) in [7, 11) is 0. The van der Waals surface area contributed by atoms with E-state index in [2.05, 4.69) is 24.1 Å². The summed E-state index contributed by atoms with van der Waals surface area (Å²) in [6.07, 6.45) is 14.4. The third-order valence-electron chi connectivity index (χ3n) is 5.43. The molecule has 1 saturated heterocycles. The van der Waals surface area contributed by atoms with Crippen molar-refractivity contribution in [3.63, 3.8) is 0 Å². The van der Waals surface area contributed by atoms with Gasteiger partial charge in [0.05, 0.1) is 0 Å². The van der Waals surface area contributed by atoms with Crippen LogP contribution < -0.4 is 5.32 Å². The van der Waals surface area contributed by atoms with E-state index in [1.807, 2.05) is 0 Å². The summed E-state index contributed by atoms with van der Waals surface area (Å²) in [5, 5.41) is 3.60. The van der Waals surface area contributed by atoms with Crippen LogP contribution in [-0.4, -0.2) is 36.6 Å². The smallest absolute Gasteiger partial charge is 0.0124 e. The van der Waals surface area contributed by atoms with Gasteiger partial charge in [0.15, 0.2) is 0 Å². The molecule has 118 valence electrons. The standard InChI is InChI=1S/C18H36N2/c1-3-13-19-16(2)9-6-7-14-20-15-8-12-18(20)17-10-4-5-11-17/h16-19H,3-15H2,1-2H3. The molecule has 0 amide bonds. The third kappa shape index (κ3) is 5.04. The largest absolute Gasteiger partial charge is 0.314 e. The number of rotatable bonds is 9. The van der Waals surface area contributed by atoms with E-state index in [0.717, 1.165) is 12.0 Å². The Morgan fingerprint density at radius 3 is 2.65 bits per heavy atom. The fourth-order valence-corrected chi connectivity index (χ4v) is 4.26. The SMILES string of the molecule is CCCNC(C)CCCCN1CCCC1C1CCCC1. The molecule has 1 heterocycles. The molecule has 2 aliphatic rings. The number of hydrogen-bond donors (Lipinski definition) is 1. The Morgan fingerprint density at radius 1 is 1.10 bits per heavy atom. The van der Waals surface area contributed by atoms with Gasteiger partial charge >= 0.3 is 0 Å². The van der Waals surface area contributed by atoms with E-state index in [1.54, 1.807) is 0 Å². The van der Waals surface area contributed by atoms with Crippen LogP contribution in [0, 0.1) is 5.92 Å². The zero-order chi connectivity index (χ0) is 14.2. The van der Waals surface area contributed by atoms with Crippen molar-refractivity contribution >= 4 is 0 Å². The summed E-state index contributed by atoms with van der Waals surface area (Å²) >= 11 is 0. The van der Waals surface area contributed by atoms with Gasteiger partial charge in [-0.15, -0.1) is 0 Å². The second-order valence-electron chi connectivity index (χ2n) is 7.14. The summed E-state index contributed by atoms with van der Waals surface area (Å²) < 4.78 is 0. The maximum absolute atomic E-state index is 3.60. The Bertz CT molecular complexity index is 248. The van der Waals surface area contributed by atoms with Gasteiger partial charge in [-0.3, -0.25) is 0 Å². The summed E-state index contributed by atoms with van der Waals surface area (Å²) in [6.45, 7) is 8.51. The second kappa shape index (κ2) is 9.04. The van der Waals surface area contributed by atoms with Crippen LogP contribution in [0.4, 0.5) is 0 Å². The molecular formula is C18H36N2. The van der Waals surface area contributed by atoms with E-state index < -0.39 is 0 Å². The minimum atomic E-state index is 0.708. The van der Waals surface area contributed by atoms with Gasteiger partial charge in [0.25, 0.3) is 0 Å². The first-order valence-corrected chi connectivity index (χ1v) is 9.28. The van der Waals surface area contributed by atoms with Crippen molar-refractivity contribution in [3.05, 3.63) is 0 Å². The van der Waals surface area contributed by atoms with Gasteiger partial charge in [-0.2, -0.15) is 0 Å². The predicted molar refractivity (Wildman–Crippen MR) is 88.2 cm³/mol. The average molecular weight is 280 g/mol. The Kier molecular flexibility index (Phi) is 7.37. The van der Waals surface area contributed by atoms with Crippen LogP contribution in [0.2, 0.25) is 0 Å². The van der Waals surface area contributed by atoms with Gasteiger partial charge in [-0.25, -0.2) is 0 Å². The topological polar surface area (TPSA) is 15.3 Å². The Morgan fingerprint density at radius 2 is 1.90 bits per heavy atom. The lowest BCUT2D eigenvalue weighted by Gasteiger charge is -2.29. The van der Waals surface area contributed by atoms with E-state index in [4.69, 9.17) is 0 Å². The fraction of sp³-hybridized carbons (Fsp3) is 1.00. The van der Waals surface area contributed by atoms with Crippen LogP contribution in [0.5, 0.6) is 0 Å². The van der Waals surface area contributed by atoms with Crippen LogP contribution in [0.1, 0.15) is 78.1 Å². The number of nitrogens with zero attached hydrogens (tertiary/aromatic N) is 1. The van der Waals surface area contributed by atoms with Gasteiger partial charge in [-0.1, -0.05) is 26.2 Å². The molecule has 1 aliphatic carbocycles. The zero-order valence-corrected chi connectivity index (χ0v) is 13.9. The van der Waals surface area contributed by atoms with Crippen LogP contribution in [0.25, 0.3) is 0 Å². The lowest BCUT2D eigenvalue weighted by atomic mass is 9.96. The van der Waals surface area contributed by atoms with Gasteiger partial charge < -0.3 is 10.2 Å².